The number of nitrogens with one attached hydrogen (secondary N) is 7. The molecular weight excluding hydrogens is 905 g/mol. The summed E-state index contributed by atoms with van der Waals surface area (Å²) >= 11 is 4.00. The first-order valence-electron chi connectivity index (χ1n) is 22.3. The van der Waals surface area contributed by atoms with E-state index in [1.54, 1.807) is 44.2 Å². The third-order valence-corrected chi connectivity index (χ3v) is 11.6. The van der Waals surface area contributed by atoms with Gasteiger partial charge in [-0.2, -0.15) is 12.6 Å². The third-order valence-electron chi connectivity index (χ3n) is 11.2. The number of hydrogen-bond acceptors (Lipinski definition) is 13. The first kappa shape index (κ1) is 55.6. The molecule has 1 aromatic carbocycles. The topological polar surface area (TPSA) is 394 Å². The van der Waals surface area contributed by atoms with Gasteiger partial charge in [-0.1, -0.05) is 50.6 Å². The van der Waals surface area contributed by atoms with E-state index in [1.807, 2.05) is 0 Å². The highest BCUT2D eigenvalue weighted by molar-refractivity contribution is 7.80. The second-order valence-electron chi connectivity index (χ2n) is 16.6. The zero-order valence-corrected chi connectivity index (χ0v) is 39.3. The molecule has 3 rings (SSSR count). The van der Waals surface area contributed by atoms with Gasteiger partial charge in [0.25, 0.3) is 0 Å². The van der Waals surface area contributed by atoms with E-state index < -0.39 is 107 Å². The van der Waals surface area contributed by atoms with Gasteiger partial charge in [0, 0.05) is 50.0 Å². The average Bonchev–Trinajstić information content (AvgIpc) is 4.01. The van der Waals surface area contributed by atoms with Gasteiger partial charge in [0.2, 0.25) is 47.3 Å². The maximum Gasteiger partial charge on any atom is 0.327 e. The van der Waals surface area contributed by atoms with Gasteiger partial charge in [0.1, 0.15) is 42.3 Å². The molecule has 68 heavy (non-hydrogen) atoms. The molecule has 0 spiro atoms. The number of H-pyrrole nitrogens is 1. The van der Waals surface area contributed by atoms with Crippen LogP contribution in [0.3, 0.4) is 0 Å². The molecule has 0 unspecified atom stereocenters. The molecule has 1 aromatic heterocycles. The summed E-state index contributed by atoms with van der Waals surface area (Å²) in [7, 11) is 0. The van der Waals surface area contributed by atoms with Crippen LogP contribution >= 0.6 is 12.6 Å². The molecule has 0 bridgehead atoms. The molecule has 0 radical (unpaired) electrons. The largest absolute Gasteiger partial charge is 0.480 e. The summed E-state index contributed by atoms with van der Waals surface area (Å²) in [5.41, 5.74) is 23.3. The first-order valence-corrected chi connectivity index (χ1v) is 23.0. The van der Waals surface area contributed by atoms with E-state index in [1.165, 1.54) is 24.3 Å². The van der Waals surface area contributed by atoms with Crippen LogP contribution in [0.4, 0.5) is 0 Å². The molecule has 9 atom stereocenters. The van der Waals surface area contributed by atoms with Gasteiger partial charge in [-0.05, 0) is 50.5 Å². The normalized spacial score (nSPS) is 16.8. The summed E-state index contributed by atoms with van der Waals surface area (Å²) in [6, 6.07) is -1.47. The van der Waals surface area contributed by atoms with Gasteiger partial charge in [-0.25, -0.2) is 9.78 Å². The molecule has 374 valence electrons. The standard InChI is InChI=1S/C43H66N14O10S/c1-4-23(2)34(56-39(63)32-13-9-17-57(32)41(65)24(3)44)40(64)52-28(14-15-33(45)58)36(60)53-29(18-25-10-6-5-7-11-25)37(61)51-27(12-8-16-49-43(46)47)35(59)54-30(19-26-20-48-22-50-26)38(62)55-31(21-68)42(66)67/h5-7,10-11,20,22-24,27-32,34,68H,4,8-9,12-19,21,44H2,1-3H3,(H2,45,58)(H,48,50)(H,51,61)(H,52,64)(H,53,60)(H,54,59)(H,55,62)(H,56,63)(H,66,67)(H4,46,47,49)/t23-,24-,27-,28-,29-,30-,31-,32-,34-/m0/s1. The fourth-order valence-electron chi connectivity index (χ4n) is 7.26. The van der Waals surface area contributed by atoms with E-state index in [4.69, 9.17) is 22.9 Å². The molecule has 2 aromatic rings. The molecule has 2 heterocycles. The lowest BCUT2D eigenvalue weighted by Crippen LogP contribution is -2.61. The van der Waals surface area contributed by atoms with E-state index in [2.05, 4.69) is 59.5 Å². The highest BCUT2D eigenvalue weighted by atomic mass is 32.1. The molecule has 16 N–H and O–H groups in total. The van der Waals surface area contributed by atoms with Crippen molar-refractivity contribution in [2.24, 2.45) is 33.8 Å². The summed E-state index contributed by atoms with van der Waals surface area (Å²) in [4.78, 5) is 133. The molecule has 0 aliphatic carbocycles. The minimum absolute atomic E-state index is 0.0374. The maximum absolute atomic E-state index is 14.4. The molecule has 1 aliphatic rings. The number of benzene rings is 1. The Morgan fingerprint density at radius 1 is 0.824 bits per heavy atom. The minimum atomic E-state index is -1.47. The summed E-state index contributed by atoms with van der Waals surface area (Å²) in [6.07, 6.45) is 3.13. The van der Waals surface area contributed by atoms with Crippen molar-refractivity contribution < 1.29 is 48.3 Å². The molecule has 1 fully saturated rings. The number of guanidine groups is 1. The van der Waals surface area contributed by atoms with E-state index in [0.29, 0.717) is 37.1 Å². The lowest BCUT2D eigenvalue weighted by Gasteiger charge is -2.30. The number of rotatable bonds is 28. The van der Waals surface area contributed by atoms with Crippen LogP contribution in [0.2, 0.25) is 0 Å². The van der Waals surface area contributed by atoms with Crippen LogP contribution in [0.5, 0.6) is 0 Å². The Bertz CT molecular complexity index is 2070. The van der Waals surface area contributed by atoms with Crippen molar-refractivity contribution in [1.82, 2.24) is 46.8 Å². The predicted octanol–water partition coefficient (Wildman–Crippen LogP) is -3.18. The van der Waals surface area contributed by atoms with Crippen molar-refractivity contribution in [1.29, 1.82) is 0 Å². The van der Waals surface area contributed by atoms with Gasteiger partial charge in [-0.15, -0.1) is 0 Å². The van der Waals surface area contributed by atoms with Gasteiger partial charge in [0.05, 0.1) is 12.4 Å². The Kier molecular flexibility index (Phi) is 22.7. The summed E-state index contributed by atoms with van der Waals surface area (Å²) < 4.78 is 0. The highest BCUT2D eigenvalue weighted by Crippen LogP contribution is 2.20. The average molecular weight is 971 g/mol. The van der Waals surface area contributed by atoms with Gasteiger partial charge >= 0.3 is 5.97 Å². The number of hydrogen-bond donors (Lipinski definition) is 13. The number of aromatic amines is 1. The van der Waals surface area contributed by atoms with Gasteiger partial charge in [-0.3, -0.25) is 43.3 Å². The molecule has 1 aliphatic heterocycles. The number of amides is 8. The highest BCUT2D eigenvalue weighted by Gasteiger charge is 2.39. The number of likely N-dealkylation sites (tertiary alicyclic amines) is 1. The second-order valence-corrected chi connectivity index (χ2v) is 17.0. The summed E-state index contributed by atoms with van der Waals surface area (Å²) in [5.74, 6) is -8.40. The number of aliphatic carboxylic acids is 1. The van der Waals surface area contributed by atoms with Crippen molar-refractivity contribution in [3.05, 3.63) is 54.1 Å². The fraction of sp³-hybridized carbons (Fsp3) is 0.558. The summed E-state index contributed by atoms with van der Waals surface area (Å²) in [6.45, 7) is 5.37. The van der Waals surface area contributed by atoms with E-state index in [9.17, 15) is 48.3 Å². The number of thiol groups is 1. The maximum atomic E-state index is 14.4. The second kappa shape index (κ2) is 27.8. The van der Waals surface area contributed by atoms with E-state index in [-0.39, 0.29) is 56.8 Å². The zero-order valence-electron chi connectivity index (χ0n) is 38.4. The minimum Gasteiger partial charge on any atom is -0.480 e. The Hall–Kier alpha value is -6.76. The number of carbonyl (C=O) groups excluding carboxylic acids is 8. The van der Waals surface area contributed by atoms with Crippen molar-refractivity contribution in [2.75, 3.05) is 18.8 Å². The predicted molar refractivity (Wildman–Crippen MR) is 252 cm³/mol. The lowest BCUT2D eigenvalue weighted by atomic mass is 9.96. The quantitative estimate of drug-likeness (QED) is 0.0173. The van der Waals surface area contributed by atoms with Crippen LogP contribution in [-0.4, -0.2) is 146 Å². The smallest absolute Gasteiger partial charge is 0.327 e. The molecular formula is C43H66N14O10S. The number of carboxylic acid groups (broad SMARTS) is 1. The van der Waals surface area contributed by atoms with E-state index in [0.717, 1.165) is 0 Å². The molecule has 8 amide bonds. The van der Waals surface area contributed by atoms with Crippen molar-refractivity contribution >= 4 is 71.8 Å². The Morgan fingerprint density at radius 2 is 1.40 bits per heavy atom. The van der Waals surface area contributed by atoms with Crippen molar-refractivity contribution in [3.63, 3.8) is 0 Å². The number of nitrogens with two attached hydrogens (primary N) is 4. The number of primary amides is 1. The molecule has 0 saturated carbocycles. The van der Waals surface area contributed by atoms with Crippen molar-refractivity contribution in [3.8, 4) is 0 Å². The number of aliphatic imine (C=N–C) groups is 1. The Labute approximate surface area is 399 Å². The van der Waals surface area contributed by atoms with E-state index >= 15 is 0 Å². The van der Waals surface area contributed by atoms with Crippen LogP contribution in [0.25, 0.3) is 0 Å². The van der Waals surface area contributed by atoms with Crippen LogP contribution in [0.15, 0.2) is 47.8 Å². The van der Waals surface area contributed by atoms with Gasteiger partial charge < -0.3 is 69.8 Å². The molecule has 25 heteroatoms. The van der Waals surface area contributed by atoms with Crippen molar-refractivity contribution in [2.45, 2.75) is 127 Å². The SMILES string of the molecule is CC[C@H](C)[C@H](NC(=O)[C@@H]1CCCN1C(=O)[C@H](C)N)C(=O)N[C@@H](CCC(N)=O)C(=O)N[C@@H](Cc1ccccc1)C(=O)N[C@@H](CCCN=C(N)N)C(=O)N[C@@H](Cc1cnc[nH]1)C(=O)N[C@@H](CS)C(=O)O. The summed E-state index contributed by atoms with van der Waals surface area (Å²) in [5, 5.41) is 25.2. The number of imidazole rings is 1. The fourth-order valence-corrected chi connectivity index (χ4v) is 7.51. The Balaban J connectivity index is 1.95. The number of nitrogens with zero attached hydrogens (tertiary/aromatic N) is 3. The monoisotopic (exact) mass is 970 g/mol. The zero-order chi connectivity index (χ0) is 50.5. The third kappa shape index (κ3) is 17.8. The van der Waals surface area contributed by atoms with Crippen LogP contribution < -0.4 is 54.8 Å². The van der Waals surface area contributed by atoms with Crippen LogP contribution in [-0.2, 0) is 56.0 Å². The van der Waals surface area contributed by atoms with Gasteiger partial charge in [0.15, 0.2) is 5.96 Å². The molecule has 1 saturated heterocycles. The number of carbonyl (C=O) groups is 9. The number of aromatic nitrogens is 2. The molecule has 24 nitrogen and oxygen atoms in total. The Morgan fingerprint density at radius 3 is 1.94 bits per heavy atom. The van der Waals surface area contributed by atoms with Crippen LogP contribution in [0.1, 0.15) is 77.0 Å². The lowest BCUT2D eigenvalue weighted by molar-refractivity contribution is -0.141. The first-order chi connectivity index (χ1) is 32.2. The number of carboxylic acids is 1. The van der Waals surface area contributed by atoms with Crippen LogP contribution in [0, 0.1) is 5.92 Å².